The zero-order valence-electron chi connectivity index (χ0n) is 17.8. The Morgan fingerprint density at radius 3 is 2.19 bits per heavy atom. The third kappa shape index (κ3) is 3.74. The average molecular weight is 469 g/mol. The minimum absolute atomic E-state index is 0.0587. The standard InChI is InChI=1S/C24H24ClN3O3S/c1-14-21(24(29)28-12-17-11-18(17)13-28)23(16-5-9-20(10-6-16)26-32(30)31)27(2)22(14)15-3-7-19(25)8-4-15/h3-10,17-18,26H,11-13H2,1-2H3,(H,30,31)/p-1. The molecule has 1 N–H and O–H groups in total. The number of nitrogens with zero attached hydrogens (tertiary/aromatic N) is 2. The highest BCUT2D eigenvalue weighted by molar-refractivity contribution is 7.80. The van der Waals surface area contributed by atoms with Gasteiger partial charge in [-0.1, -0.05) is 35.9 Å². The Morgan fingerprint density at radius 2 is 1.59 bits per heavy atom. The van der Waals surface area contributed by atoms with Crippen molar-refractivity contribution >= 4 is 34.5 Å². The molecule has 2 aromatic carbocycles. The maximum atomic E-state index is 13.7. The Balaban J connectivity index is 1.63. The van der Waals surface area contributed by atoms with Crippen LogP contribution in [0.5, 0.6) is 0 Å². The lowest BCUT2D eigenvalue weighted by atomic mass is 10.0. The fourth-order valence-corrected chi connectivity index (χ4v) is 5.41. The van der Waals surface area contributed by atoms with Crippen LogP contribution in [0.15, 0.2) is 48.5 Å². The van der Waals surface area contributed by atoms with Gasteiger partial charge < -0.3 is 18.7 Å². The van der Waals surface area contributed by atoms with Crippen LogP contribution in [0.3, 0.4) is 0 Å². The van der Waals surface area contributed by atoms with Crippen LogP contribution in [0.25, 0.3) is 22.5 Å². The fraction of sp³-hybridized carbons (Fsp3) is 0.292. The molecule has 1 aliphatic carbocycles. The molecule has 0 spiro atoms. The summed E-state index contributed by atoms with van der Waals surface area (Å²) in [6.07, 6.45) is 1.23. The molecule has 0 bridgehead atoms. The van der Waals surface area contributed by atoms with Crippen LogP contribution < -0.4 is 4.72 Å². The summed E-state index contributed by atoms with van der Waals surface area (Å²) in [7, 11) is 1.96. The Kier molecular flexibility index (Phi) is 5.35. The quantitative estimate of drug-likeness (QED) is 0.555. The van der Waals surface area contributed by atoms with Crippen LogP contribution in [-0.2, 0) is 18.3 Å². The Bertz CT molecular complexity index is 1210. The first kappa shape index (κ1) is 21.2. The van der Waals surface area contributed by atoms with Crippen molar-refractivity contribution in [2.75, 3.05) is 17.8 Å². The van der Waals surface area contributed by atoms with E-state index in [2.05, 4.69) is 9.29 Å². The monoisotopic (exact) mass is 468 g/mol. The van der Waals surface area contributed by atoms with Gasteiger partial charge in [-0.25, -0.2) is 0 Å². The molecule has 1 aromatic heterocycles. The van der Waals surface area contributed by atoms with E-state index in [1.165, 1.54) is 6.42 Å². The number of rotatable bonds is 5. The molecule has 2 heterocycles. The smallest absolute Gasteiger partial charge is 0.256 e. The molecule has 8 heteroatoms. The van der Waals surface area contributed by atoms with Crippen molar-refractivity contribution in [2.24, 2.45) is 18.9 Å². The lowest BCUT2D eigenvalue weighted by Crippen LogP contribution is -2.31. The van der Waals surface area contributed by atoms with Crippen LogP contribution in [0.4, 0.5) is 5.69 Å². The summed E-state index contributed by atoms with van der Waals surface area (Å²) in [6.45, 7) is 3.64. The summed E-state index contributed by atoms with van der Waals surface area (Å²) in [5.41, 5.74) is 5.73. The van der Waals surface area contributed by atoms with Gasteiger partial charge in [-0.05, 0) is 66.1 Å². The first-order valence-electron chi connectivity index (χ1n) is 10.5. The molecule has 1 saturated carbocycles. The summed E-state index contributed by atoms with van der Waals surface area (Å²) >= 11 is 3.71. The maximum Gasteiger partial charge on any atom is 0.256 e. The van der Waals surface area contributed by atoms with Gasteiger partial charge in [0.25, 0.3) is 5.91 Å². The van der Waals surface area contributed by atoms with Crippen molar-refractivity contribution < 1.29 is 13.6 Å². The van der Waals surface area contributed by atoms with Crippen LogP contribution in [0.2, 0.25) is 5.02 Å². The van der Waals surface area contributed by atoms with Crippen LogP contribution >= 0.6 is 11.6 Å². The highest BCUT2D eigenvalue weighted by Crippen LogP contribution is 2.46. The van der Waals surface area contributed by atoms with E-state index in [-0.39, 0.29) is 5.91 Å². The molecule has 2 aliphatic rings. The second-order valence-corrected chi connectivity index (χ2v) is 9.75. The van der Waals surface area contributed by atoms with E-state index in [0.29, 0.717) is 28.1 Å². The van der Waals surface area contributed by atoms with Gasteiger partial charge in [0.15, 0.2) is 0 Å². The molecule has 5 rings (SSSR count). The van der Waals surface area contributed by atoms with Crippen molar-refractivity contribution in [1.82, 2.24) is 9.47 Å². The predicted molar refractivity (Wildman–Crippen MR) is 126 cm³/mol. The number of likely N-dealkylation sites (tertiary alicyclic amines) is 1. The van der Waals surface area contributed by atoms with E-state index >= 15 is 0 Å². The number of nitrogens with one attached hydrogen (secondary N) is 1. The van der Waals surface area contributed by atoms with Gasteiger partial charge >= 0.3 is 0 Å². The van der Waals surface area contributed by atoms with Crippen molar-refractivity contribution in [3.63, 3.8) is 0 Å². The van der Waals surface area contributed by atoms with Crippen molar-refractivity contribution in [2.45, 2.75) is 13.3 Å². The number of carbonyl (C=O) groups is 1. The number of fused-ring (bicyclic) bond motifs is 1. The van der Waals surface area contributed by atoms with Crippen LogP contribution in [0.1, 0.15) is 22.3 Å². The molecule has 0 radical (unpaired) electrons. The summed E-state index contributed by atoms with van der Waals surface area (Å²) in [4.78, 5) is 15.7. The van der Waals surface area contributed by atoms with Gasteiger partial charge in [0.2, 0.25) is 0 Å². The van der Waals surface area contributed by atoms with E-state index in [9.17, 15) is 13.6 Å². The molecule has 6 nitrogen and oxygen atoms in total. The zero-order chi connectivity index (χ0) is 22.6. The normalized spacial score (nSPS) is 20.2. The van der Waals surface area contributed by atoms with E-state index < -0.39 is 11.3 Å². The summed E-state index contributed by atoms with van der Waals surface area (Å²) in [5.74, 6) is 1.37. The van der Waals surface area contributed by atoms with Gasteiger partial charge in [0.05, 0.1) is 17.0 Å². The van der Waals surface area contributed by atoms with Gasteiger partial charge in [-0.15, -0.1) is 0 Å². The van der Waals surface area contributed by atoms with Crippen LogP contribution in [-0.4, -0.2) is 37.2 Å². The predicted octanol–water partition coefficient (Wildman–Crippen LogP) is 4.62. The van der Waals surface area contributed by atoms with Crippen molar-refractivity contribution in [1.29, 1.82) is 0 Å². The van der Waals surface area contributed by atoms with Gasteiger partial charge in [0.1, 0.15) is 0 Å². The number of halogens is 1. The topological polar surface area (TPSA) is 77.4 Å². The lowest BCUT2D eigenvalue weighted by molar-refractivity contribution is 0.0775. The molecule has 3 atom stereocenters. The number of carbonyl (C=O) groups excluding carboxylic acids is 1. The molecule has 166 valence electrons. The summed E-state index contributed by atoms with van der Waals surface area (Å²) in [5, 5.41) is 0.660. The highest BCUT2D eigenvalue weighted by Gasteiger charge is 2.47. The summed E-state index contributed by atoms with van der Waals surface area (Å²) in [6, 6.07) is 14.7. The Labute approximate surface area is 194 Å². The van der Waals surface area contributed by atoms with Gasteiger partial charge in [-0.3, -0.25) is 9.00 Å². The lowest BCUT2D eigenvalue weighted by Gasteiger charge is -2.19. The number of hydrogen-bond donors (Lipinski definition) is 1. The van der Waals surface area contributed by atoms with Gasteiger partial charge in [0, 0.05) is 42.1 Å². The van der Waals surface area contributed by atoms with Gasteiger partial charge in [-0.2, -0.15) is 0 Å². The minimum atomic E-state index is -2.39. The highest BCUT2D eigenvalue weighted by atomic mass is 35.5. The maximum absolute atomic E-state index is 13.7. The molecular weight excluding hydrogens is 446 g/mol. The Morgan fingerprint density at radius 1 is 1.03 bits per heavy atom. The first-order valence-corrected chi connectivity index (χ1v) is 12.0. The SMILES string of the molecule is Cc1c(C(=O)N2CC3CC3C2)c(-c2ccc(NS(=O)[O-])cc2)n(C)c1-c1ccc(Cl)cc1. The third-order valence-corrected chi connectivity index (χ3v) is 7.25. The molecule has 3 aromatic rings. The van der Waals surface area contributed by atoms with Crippen molar-refractivity contribution in [3.05, 3.63) is 64.7 Å². The van der Waals surface area contributed by atoms with E-state index in [0.717, 1.165) is 41.2 Å². The second-order valence-electron chi connectivity index (χ2n) is 8.64. The Hall–Kier alpha value is -2.61. The molecule has 1 aliphatic heterocycles. The zero-order valence-corrected chi connectivity index (χ0v) is 19.4. The number of aromatic nitrogens is 1. The van der Waals surface area contributed by atoms with Crippen LogP contribution in [0, 0.1) is 18.8 Å². The molecule has 3 unspecified atom stereocenters. The minimum Gasteiger partial charge on any atom is -0.755 e. The summed E-state index contributed by atoms with van der Waals surface area (Å²) < 4.78 is 26.3. The number of benzene rings is 2. The van der Waals surface area contributed by atoms with Crippen molar-refractivity contribution in [3.8, 4) is 22.5 Å². The number of piperidine rings is 1. The number of hydrogen-bond acceptors (Lipinski definition) is 3. The molecule has 1 amide bonds. The second kappa shape index (κ2) is 8.06. The first-order chi connectivity index (χ1) is 15.3. The third-order valence-electron chi connectivity index (χ3n) is 6.59. The molecule has 32 heavy (non-hydrogen) atoms. The largest absolute Gasteiger partial charge is 0.755 e. The van der Waals surface area contributed by atoms with E-state index in [1.807, 2.05) is 55.3 Å². The molecular formula is C24H23ClN3O3S-. The molecule has 2 fully saturated rings. The van der Waals surface area contributed by atoms with E-state index in [4.69, 9.17) is 11.6 Å². The van der Waals surface area contributed by atoms with E-state index in [1.54, 1.807) is 12.1 Å². The molecule has 1 saturated heterocycles. The fourth-order valence-electron chi connectivity index (χ4n) is 4.96. The number of anilines is 1. The average Bonchev–Trinajstić information content (AvgIpc) is 3.27. The number of amides is 1.